The molecule has 3 aromatic carbocycles. The normalized spacial score (nSPS) is 11.0. The van der Waals surface area contributed by atoms with Crippen molar-refractivity contribution in [3.8, 4) is 11.8 Å². The summed E-state index contributed by atoms with van der Waals surface area (Å²) in [4.78, 5) is 12.5. The number of nitriles is 1. The fourth-order valence-electron chi connectivity index (χ4n) is 2.95. The monoisotopic (exact) mass is 558 g/mol. The Kier molecular flexibility index (Phi) is 7.91. The van der Waals surface area contributed by atoms with Gasteiger partial charge in [-0.2, -0.15) is 5.26 Å². The van der Waals surface area contributed by atoms with Gasteiger partial charge in [-0.15, -0.1) is 0 Å². The van der Waals surface area contributed by atoms with Crippen molar-refractivity contribution in [2.45, 2.75) is 6.42 Å². The van der Waals surface area contributed by atoms with Crippen molar-refractivity contribution in [2.24, 2.45) is 0 Å². The molecule has 156 valence electrons. The van der Waals surface area contributed by atoms with Gasteiger partial charge in [-0.3, -0.25) is 4.79 Å². The summed E-state index contributed by atoms with van der Waals surface area (Å²) in [6.07, 6.45) is 2.06. The van der Waals surface area contributed by atoms with Gasteiger partial charge >= 0.3 is 0 Å². The molecule has 0 unspecified atom stereocenters. The molecule has 0 radical (unpaired) electrons. The average molecular weight is 561 g/mol. The van der Waals surface area contributed by atoms with E-state index in [1.54, 1.807) is 43.5 Å². The minimum Gasteiger partial charge on any atom is -0.496 e. The smallest absolute Gasteiger partial charge is 0.266 e. The van der Waals surface area contributed by atoms with E-state index in [2.05, 4.69) is 37.2 Å². The maximum absolute atomic E-state index is 12.5. The maximum atomic E-state index is 12.5. The number of nitrogens with zero attached hydrogens (tertiary/aromatic N) is 1. The molecule has 0 bridgehead atoms. The molecule has 0 spiro atoms. The first-order valence-corrected chi connectivity index (χ1v) is 11.2. The number of benzene rings is 3. The Bertz CT molecular complexity index is 1190. The summed E-state index contributed by atoms with van der Waals surface area (Å²) in [6, 6.07) is 20.4. The van der Waals surface area contributed by atoms with Gasteiger partial charge in [0.1, 0.15) is 17.4 Å². The van der Waals surface area contributed by atoms with Crippen LogP contribution < -0.4 is 10.1 Å². The summed E-state index contributed by atoms with van der Waals surface area (Å²) in [6.45, 7) is 0. The van der Waals surface area contributed by atoms with E-state index in [0.717, 1.165) is 20.1 Å². The summed E-state index contributed by atoms with van der Waals surface area (Å²) in [5.41, 5.74) is 3.04. The van der Waals surface area contributed by atoms with Crippen LogP contribution in [0.2, 0.25) is 5.02 Å². The van der Waals surface area contributed by atoms with Crippen LogP contribution in [0.4, 0.5) is 5.69 Å². The Labute approximate surface area is 202 Å². The lowest BCUT2D eigenvalue weighted by Gasteiger charge is -2.13. The second-order valence-electron chi connectivity index (χ2n) is 6.58. The number of carbonyl (C=O) groups is 1. The third-order valence-electron chi connectivity index (χ3n) is 4.50. The third-order valence-corrected chi connectivity index (χ3v) is 6.14. The number of hydrogen-bond donors (Lipinski definition) is 1. The van der Waals surface area contributed by atoms with Gasteiger partial charge in [0, 0.05) is 31.6 Å². The first kappa shape index (κ1) is 23.1. The predicted octanol–water partition coefficient (Wildman–Crippen LogP) is 7.01. The van der Waals surface area contributed by atoms with E-state index in [0.29, 0.717) is 28.4 Å². The van der Waals surface area contributed by atoms with Crippen molar-refractivity contribution in [3.63, 3.8) is 0 Å². The van der Waals surface area contributed by atoms with Crippen LogP contribution in [0.3, 0.4) is 0 Å². The third kappa shape index (κ3) is 5.98. The minimum atomic E-state index is -0.503. The highest BCUT2D eigenvalue weighted by molar-refractivity contribution is 9.10. The first-order chi connectivity index (χ1) is 14.9. The molecule has 4 nitrogen and oxygen atoms in total. The first-order valence-electron chi connectivity index (χ1n) is 9.19. The van der Waals surface area contributed by atoms with E-state index in [1.807, 2.05) is 30.3 Å². The zero-order valence-corrected chi connectivity index (χ0v) is 20.4. The molecular weight excluding hydrogens is 544 g/mol. The van der Waals surface area contributed by atoms with Gasteiger partial charge in [0.2, 0.25) is 0 Å². The lowest BCUT2D eigenvalue weighted by Crippen LogP contribution is -2.13. The van der Waals surface area contributed by atoms with E-state index in [1.165, 1.54) is 6.08 Å². The minimum absolute atomic E-state index is 0.0420. The molecule has 0 aliphatic rings. The molecule has 1 amide bonds. The number of rotatable bonds is 6. The van der Waals surface area contributed by atoms with Crippen LogP contribution in [0.25, 0.3) is 6.08 Å². The van der Waals surface area contributed by atoms with Crippen molar-refractivity contribution in [2.75, 3.05) is 12.4 Å². The molecule has 7 heteroatoms. The van der Waals surface area contributed by atoms with Crippen LogP contribution in [-0.4, -0.2) is 13.0 Å². The van der Waals surface area contributed by atoms with E-state index >= 15 is 0 Å². The summed E-state index contributed by atoms with van der Waals surface area (Å²) in [5.74, 6) is 0.0808. The number of nitrogens with one attached hydrogen (secondary N) is 1. The number of methoxy groups -OCH3 is 1. The highest BCUT2D eigenvalue weighted by Gasteiger charge is 2.14. The standard InChI is InChI=1S/C24H17Br2ClN2O2/c1-31-23-12-15(11-22(27)20(23)13-16-4-2-3-5-21(16)26)10-17(14-28)24(30)29-19-8-6-18(25)7-9-19/h2-12H,13H2,1H3,(H,29,30)/b17-10+. The van der Waals surface area contributed by atoms with Gasteiger partial charge < -0.3 is 10.1 Å². The Morgan fingerprint density at radius 3 is 2.52 bits per heavy atom. The van der Waals surface area contributed by atoms with E-state index in [9.17, 15) is 10.1 Å². The van der Waals surface area contributed by atoms with Crippen LogP contribution in [0.15, 0.2) is 75.2 Å². The molecule has 0 aromatic heterocycles. The van der Waals surface area contributed by atoms with Crippen LogP contribution in [-0.2, 0) is 11.2 Å². The van der Waals surface area contributed by atoms with Crippen LogP contribution in [0, 0.1) is 11.3 Å². The highest BCUT2D eigenvalue weighted by Crippen LogP contribution is 2.33. The number of ether oxygens (including phenoxy) is 1. The highest BCUT2D eigenvalue weighted by atomic mass is 79.9. The topological polar surface area (TPSA) is 62.1 Å². The Balaban J connectivity index is 1.89. The molecule has 0 fully saturated rings. The van der Waals surface area contributed by atoms with Crippen LogP contribution in [0.1, 0.15) is 16.7 Å². The lowest BCUT2D eigenvalue weighted by atomic mass is 10.0. The van der Waals surface area contributed by atoms with Gasteiger partial charge in [-0.1, -0.05) is 61.7 Å². The van der Waals surface area contributed by atoms with E-state index in [-0.39, 0.29) is 5.57 Å². The maximum Gasteiger partial charge on any atom is 0.266 e. The Hall–Kier alpha value is -2.59. The van der Waals surface area contributed by atoms with E-state index < -0.39 is 5.91 Å². The Morgan fingerprint density at radius 2 is 1.87 bits per heavy atom. The van der Waals surface area contributed by atoms with Gasteiger partial charge in [0.25, 0.3) is 5.91 Å². The van der Waals surface area contributed by atoms with E-state index in [4.69, 9.17) is 16.3 Å². The summed E-state index contributed by atoms with van der Waals surface area (Å²) >= 11 is 13.5. The van der Waals surface area contributed by atoms with Gasteiger partial charge in [-0.05, 0) is 59.7 Å². The lowest BCUT2D eigenvalue weighted by molar-refractivity contribution is -0.112. The average Bonchev–Trinajstić information content (AvgIpc) is 2.76. The fourth-order valence-corrected chi connectivity index (χ4v) is 3.92. The largest absolute Gasteiger partial charge is 0.496 e. The number of hydrogen-bond acceptors (Lipinski definition) is 3. The molecule has 0 aliphatic carbocycles. The molecule has 1 N–H and O–H groups in total. The molecule has 3 aromatic rings. The predicted molar refractivity (Wildman–Crippen MR) is 131 cm³/mol. The second kappa shape index (κ2) is 10.6. The SMILES string of the molecule is COc1cc(/C=C(\C#N)C(=O)Nc2ccc(Br)cc2)cc(Cl)c1Cc1ccccc1Br. The number of amides is 1. The molecule has 0 aliphatic heterocycles. The van der Waals surface area contributed by atoms with Crippen molar-refractivity contribution < 1.29 is 9.53 Å². The molecule has 3 rings (SSSR count). The number of anilines is 1. The van der Waals surface area contributed by atoms with Crippen LogP contribution >= 0.6 is 43.5 Å². The molecule has 0 saturated heterocycles. The zero-order chi connectivity index (χ0) is 22.4. The number of halogens is 3. The molecular formula is C24H17Br2ClN2O2. The molecule has 0 atom stereocenters. The van der Waals surface area contributed by atoms with Gasteiger partial charge in [0.15, 0.2) is 0 Å². The van der Waals surface area contributed by atoms with Gasteiger partial charge in [-0.25, -0.2) is 0 Å². The molecule has 31 heavy (non-hydrogen) atoms. The number of carbonyl (C=O) groups excluding carboxylic acids is 1. The Morgan fingerprint density at radius 1 is 1.16 bits per heavy atom. The summed E-state index contributed by atoms with van der Waals surface area (Å²) in [5, 5.41) is 12.7. The van der Waals surface area contributed by atoms with Crippen molar-refractivity contribution in [3.05, 3.63) is 96.9 Å². The summed E-state index contributed by atoms with van der Waals surface area (Å²) < 4.78 is 7.42. The molecule has 0 heterocycles. The summed E-state index contributed by atoms with van der Waals surface area (Å²) in [7, 11) is 1.56. The van der Waals surface area contributed by atoms with Crippen molar-refractivity contribution in [1.82, 2.24) is 0 Å². The van der Waals surface area contributed by atoms with Crippen molar-refractivity contribution in [1.29, 1.82) is 5.26 Å². The fraction of sp³-hybridized carbons (Fsp3) is 0.0833. The molecule has 0 saturated carbocycles. The quantitative estimate of drug-likeness (QED) is 0.261. The van der Waals surface area contributed by atoms with Crippen molar-refractivity contribution >= 4 is 61.1 Å². The zero-order valence-electron chi connectivity index (χ0n) is 16.5. The second-order valence-corrected chi connectivity index (χ2v) is 8.76. The van der Waals surface area contributed by atoms with Crippen LogP contribution in [0.5, 0.6) is 5.75 Å². The van der Waals surface area contributed by atoms with Gasteiger partial charge in [0.05, 0.1) is 7.11 Å².